The summed E-state index contributed by atoms with van der Waals surface area (Å²) in [5, 5.41) is 5.25. The number of ether oxygens (including phenoxy) is 1. The molecule has 0 aliphatic rings. The third-order valence-corrected chi connectivity index (χ3v) is 3.91. The highest BCUT2D eigenvalue weighted by molar-refractivity contribution is 6.30. The molecule has 0 aliphatic heterocycles. The van der Waals surface area contributed by atoms with Gasteiger partial charge in [-0.25, -0.2) is 4.79 Å². The summed E-state index contributed by atoms with van der Waals surface area (Å²) in [6.07, 6.45) is 2.99. The predicted molar refractivity (Wildman–Crippen MR) is 104 cm³/mol. The number of amides is 1. The zero-order valence-electron chi connectivity index (χ0n) is 13.8. The first-order chi connectivity index (χ1) is 12.6. The molecule has 0 spiro atoms. The van der Waals surface area contributed by atoms with E-state index in [-0.39, 0.29) is 6.61 Å². The van der Waals surface area contributed by atoms with Crippen LogP contribution in [-0.4, -0.2) is 18.5 Å². The number of hydrogen-bond donors (Lipinski definition) is 1. The Morgan fingerprint density at radius 2 is 1.77 bits per heavy atom. The molecule has 0 saturated carbocycles. The molecule has 0 atom stereocenters. The molecule has 130 valence electrons. The van der Waals surface area contributed by atoms with Crippen LogP contribution in [0, 0.1) is 0 Å². The topological polar surface area (TPSA) is 55.4 Å². The number of carbonyl (C=O) groups is 2. The lowest BCUT2D eigenvalue weighted by atomic mass is 10.0. The third kappa shape index (κ3) is 4.71. The summed E-state index contributed by atoms with van der Waals surface area (Å²) >= 11 is 5.85. The van der Waals surface area contributed by atoms with Crippen LogP contribution >= 0.6 is 11.6 Å². The second kappa shape index (κ2) is 8.32. The Labute approximate surface area is 156 Å². The molecule has 0 radical (unpaired) electrons. The van der Waals surface area contributed by atoms with Crippen LogP contribution in [0.3, 0.4) is 0 Å². The van der Waals surface area contributed by atoms with Gasteiger partial charge in [0.2, 0.25) is 0 Å². The van der Waals surface area contributed by atoms with Crippen molar-refractivity contribution in [1.82, 2.24) is 0 Å². The molecule has 0 aliphatic carbocycles. The number of hydrogen-bond acceptors (Lipinski definition) is 3. The first-order valence-electron chi connectivity index (χ1n) is 8.00. The van der Waals surface area contributed by atoms with Crippen molar-refractivity contribution in [2.45, 2.75) is 0 Å². The van der Waals surface area contributed by atoms with Gasteiger partial charge < -0.3 is 10.1 Å². The van der Waals surface area contributed by atoms with E-state index in [0.29, 0.717) is 10.7 Å². The van der Waals surface area contributed by atoms with Gasteiger partial charge in [0, 0.05) is 16.8 Å². The van der Waals surface area contributed by atoms with Gasteiger partial charge in [-0.1, -0.05) is 60.1 Å². The standard InChI is InChI=1S/C21H16ClNO3/c22-17-8-4-9-18(13-17)23-20(24)14-26-21(25)12-11-16-7-3-6-15-5-1-2-10-19(15)16/h1-13H,14H2,(H,23,24). The monoisotopic (exact) mass is 365 g/mol. The average Bonchev–Trinajstić information content (AvgIpc) is 2.64. The van der Waals surface area contributed by atoms with Gasteiger partial charge in [-0.15, -0.1) is 0 Å². The van der Waals surface area contributed by atoms with Gasteiger partial charge >= 0.3 is 5.97 Å². The predicted octanol–water partition coefficient (Wildman–Crippen LogP) is 4.69. The Balaban J connectivity index is 1.56. The Hall–Kier alpha value is -3.11. The summed E-state index contributed by atoms with van der Waals surface area (Å²) in [5.74, 6) is -1.02. The maximum Gasteiger partial charge on any atom is 0.331 e. The van der Waals surface area contributed by atoms with E-state index in [9.17, 15) is 9.59 Å². The minimum atomic E-state index is -0.584. The van der Waals surface area contributed by atoms with E-state index in [4.69, 9.17) is 16.3 Å². The zero-order valence-corrected chi connectivity index (χ0v) is 14.6. The van der Waals surface area contributed by atoms with E-state index < -0.39 is 11.9 Å². The molecule has 0 fully saturated rings. The number of anilines is 1. The van der Waals surface area contributed by atoms with E-state index in [1.54, 1.807) is 30.3 Å². The van der Waals surface area contributed by atoms with Crippen molar-refractivity contribution < 1.29 is 14.3 Å². The van der Waals surface area contributed by atoms with Gasteiger partial charge in [-0.2, -0.15) is 0 Å². The Bertz CT molecular complexity index is 976. The van der Waals surface area contributed by atoms with E-state index in [1.165, 1.54) is 6.08 Å². The highest BCUT2D eigenvalue weighted by Gasteiger charge is 2.06. The SMILES string of the molecule is O=C(COC(=O)C=Cc1cccc2ccccc12)Nc1cccc(Cl)c1. The lowest BCUT2D eigenvalue weighted by Gasteiger charge is -2.05. The summed E-state index contributed by atoms with van der Waals surface area (Å²) in [6, 6.07) is 20.5. The van der Waals surface area contributed by atoms with Gasteiger partial charge in [-0.3, -0.25) is 4.79 Å². The molecule has 0 saturated heterocycles. The largest absolute Gasteiger partial charge is 0.452 e. The number of fused-ring (bicyclic) bond motifs is 1. The fraction of sp³-hybridized carbons (Fsp3) is 0.0476. The number of nitrogens with one attached hydrogen (secondary N) is 1. The highest BCUT2D eigenvalue weighted by Crippen LogP contribution is 2.19. The Kier molecular flexibility index (Phi) is 5.66. The van der Waals surface area contributed by atoms with Crippen LogP contribution in [-0.2, 0) is 14.3 Å². The number of esters is 1. The molecule has 0 aromatic heterocycles. The first kappa shape index (κ1) is 17.7. The van der Waals surface area contributed by atoms with Crippen LogP contribution in [0.2, 0.25) is 5.02 Å². The molecule has 0 bridgehead atoms. The molecular formula is C21H16ClNO3. The van der Waals surface area contributed by atoms with Crippen molar-refractivity contribution in [3.8, 4) is 0 Å². The molecule has 5 heteroatoms. The molecule has 3 aromatic carbocycles. The second-order valence-electron chi connectivity index (χ2n) is 5.57. The highest BCUT2D eigenvalue weighted by atomic mass is 35.5. The van der Waals surface area contributed by atoms with Crippen LogP contribution in [0.4, 0.5) is 5.69 Å². The van der Waals surface area contributed by atoms with E-state index in [0.717, 1.165) is 16.3 Å². The van der Waals surface area contributed by atoms with E-state index in [2.05, 4.69) is 5.32 Å². The molecular weight excluding hydrogens is 350 g/mol. The van der Waals surface area contributed by atoms with Gasteiger partial charge in [0.15, 0.2) is 6.61 Å². The first-order valence-corrected chi connectivity index (χ1v) is 8.37. The molecule has 4 nitrogen and oxygen atoms in total. The Morgan fingerprint density at radius 3 is 2.62 bits per heavy atom. The second-order valence-corrected chi connectivity index (χ2v) is 6.00. The van der Waals surface area contributed by atoms with Crippen LogP contribution < -0.4 is 5.32 Å². The average molecular weight is 366 g/mol. The van der Waals surface area contributed by atoms with Crippen LogP contribution in [0.15, 0.2) is 72.8 Å². The number of halogens is 1. The van der Waals surface area contributed by atoms with Crippen LogP contribution in [0.5, 0.6) is 0 Å². The molecule has 3 rings (SSSR count). The minimum Gasteiger partial charge on any atom is -0.452 e. The van der Waals surface area contributed by atoms with Crippen molar-refractivity contribution in [2.24, 2.45) is 0 Å². The number of carbonyl (C=O) groups excluding carboxylic acids is 2. The number of rotatable bonds is 5. The van der Waals surface area contributed by atoms with Crippen molar-refractivity contribution in [3.63, 3.8) is 0 Å². The van der Waals surface area contributed by atoms with Crippen LogP contribution in [0.25, 0.3) is 16.8 Å². The van der Waals surface area contributed by atoms with Gasteiger partial charge in [0.05, 0.1) is 0 Å². The van der Waals surface area contributed by atoms with Crippen molar-refractivity contribution in [3.05, 3.63) is 83.4 Å². The summed E-state index contributed by atoms with van der Waals surface area (Å²) in [6.45, 7) is -0.370. The molecule has 0 heterocycles. The molecule has 1 amide bonds. The lowest BCUT2D eigenvalue weighted by Crippen LogP contribution is -2.20. The quantitative estimate of drug-likeness (QED) is 0.527. The molecule has 26 heavy (non-hydrogen) atoms. The molecule has 0 unspecified atom stereocenters. The summed E-state index contributed by atoms with van der Waals surface area (Å²) < 4.78 is 4.97. The minimum absolute atomic E-state index is 0.370. The maximum atomic E-state index is 11.9. The zero-order chi connectivity index (χ0) is 18.4. The molecule has 3 aromatic rings. The van der Waals surface area contributed by atoms with E-state index >= 15 is 0 Å². The lowest BCUT2D eigenvalue weighted by molar-refractivity contribution is -0.142. The van der Waals surface area contributed by atoms with E-state index in [1.807, 2.05) is 42.5 Å². The maximum absolute atomic E-state index is 11.9. The van der Waals surface area contributed by atoms with Crippen molar-refractivity contribution in [2.75, 3.05) is 11.9 Å². The van der Waals surface area contributed by atoms with Gasteiger partial charge in [0.25, 0.3) is 5.91 Å². The Morgan fingerprint density at radius 1 is 1.00 bits per heavy atom. The fourth-order valence-electron chi connectivity index (χ4n) is 2.50. The summed E-state index contributed by atoms with van der Waals surface area (Å²) in [5.41, 5.74) is 1.45. The number of benzene rings is 3. The smallest absolute Gasteiger partial charge is 0.331 e. The normalized spacial score (nSPS) is 10.8. The van der Waals surface area contributed by atoms with Crippen LogP contribution in [0.1, 0.15) is 5.56 Å². The van der Waals surface area contributed by atoms with Crippen molar-refractivity contribution >= 4 is 46.0 Å². The van der Waals surface area contributed by atoms with Gasteiger partial charge in [0.1, 0.15) is 0 Å². The van der Waals surface area contributed by atoms with Crippen molar-refractivity contribution in [1.29, 1.82) is 0 Å². The third-order valence-electron chi connectivity index (χ3n) is 3.68. The molecule has 1 N–H and O–H groups in total. The van der Waals surface area contributed by atoms with Gasteiger partial charge in [-0.05, 0) is 40.6 Å². The fourth-order valence-corrected chi connectivity index (χ4v) is 2.69. The summed E-state index contributed by atoms with van der Waals surface area (Å²) in [4.78, 5) is 23.7. The summed E-state index contributed by atoms with van der Waals surface area (Å²) in [7, 11) is 0.